The van der Waals surface area contributed by atoms with Crippen LogP contribution < -0.4 is 10.6 Å². The van der Waals surface area contributed by atoms with E-state index in [4.69, 9.17) is 4.42 Å². The number of benzene rings is 1. The van der Waals surface area contributed by atoms with Gasteiger partial charge in [0.25, 0.3) is 0 Å². The highest BCUT2D eigenvalue weighted by atomic mass is 32.1. The van der Waals surface area contributed by atoms with E-state index < -0.39 is 29.6 Å². The summed E-state index contributed by atoms with van der Waals surface area (Å²) in [6, 6.07) is 9.49. The number of thiophene rings is 1. The molecule has 27 heavy (non-hydrogen) atoms. The number of carbonyl (C=O) groups excluding carboxylic acids is 2. The number of rotatable bonds is 5. The number of hydrogen-bond donors (Lipinski definition) is 3. The van der Waals surface area contributed by atoms with Gasteiger partial charge in [-0.3, -0.25) is 9.59 Å². The molecule has 3 N–H and O–H groups in total. The number of carbonyl (C=O) groups is 2. The lowest BCUT2D eigenvalue weighted by atomic mass is 10.2. The van der Waals surface area contributed by atoms with Crippen molar-refractivity contribution in [1.29, 1.82) is 0 Å². The van der Waals surface area contributed by atoms with Gasteiger partial charge in [0.2, 0.25) is 0 Å². The zero-order valence-electron chi connectivity index (χ0n) is 13.7. The maximum Gasteiger partial charge on any atom is 0.313 e. The van der Waals surface area contributed by atoms with Gasteiger partial charge in [0, 0.05) is 21.5 Å². The molecule has 0 aliphatic heterocycles. The first kappa shape index (κ1) is 18.7. The summed E-state index contributed by atoms with van der Waals surface area (Å²) < 4.78 is 31.1. The summed E-state index contributed by atoms with van der Waals surface area (Å²) >= 11 is 1.25. The highest BCUT2D eigenvalue weighted by Crippen LogP contribution is 2.28. The van der Waals surface area contributed by atoms with Crippen molar-refractivity contribution in [2.24, 2.45) is 0 Å². The van der Waals surface area contributed by atoms with Gasteiger partial charge in [0.1, 0.15) is 11.9 Å². The maximum absolute atomic E-state index is 13.1. The van der Waals surface area contributed by atoms with Crippen LogP contribution >= 0.6 is 11.3 Å². The second kappa shape index (κ2) is 8.11. The van der Waals surface area contributed by atoms with Crippen molar-refractivity contribution in [3.8, 4) is 0 Å². The van der Waals surface area contributed by atoms with Gasteiger partial charge in [-0.25, -0.2) is 8.78 Å². The molecule has 0 radical (unpaired) electrons. The Morgan fingerprint density at radius 2 is 1.93 bits per heavy atom. The van der Waals surface area contributed by atoms with Crippen LogP contribution in [0, 0.1) is 11.6 Å². The fraction of sp³-hybridized carbons (Fsp3) is 0.111. The van der Waals surface area contributed by atoms with Gasteiger partial charge >= 0.3 is 11.8 Å². The monoisotopic (exact) mass is 392 g/mol. The summed E-state index contributed by atoms with van der Waals surface area (Å²) in [6.45, 7) is 0.0690. The molecule has 2 amide bonds. The summed E-state index contributed by atoms with van der Waals surface area (Å²) in [5.41, 5.74) is -0.0333. The van der Waals surface area contributed by atoms with E-state index in [0.29, 0.717) is 15.5 Å². The number of halogens is 2. The van der Waals surface area contributed by atoms with Crippen LogP contribution in [0.1, 0.15) is 21.6 Å². The molecule has 0 aliphatic rings. The quantitative estimate of drug-likeness (QED) is 0.582. The molecule has 1 aromatic carbocycles. The summed E-state index contributed by atoms with van der Waals surface area (Å²) in [6.07, 6.45) is 0.546. The topological polar surface area (TPSA) is 91.6 Å². The van der Waals surface area contributed by atoms with E-state index in [0.717, 1.165) is 18.2 Å². The minimum Gasteiger partial charge on any atom is -0.466 e. The Balaban J connectivity index is 1.54. The lowest BCUT2D eigenvalue weighted by Gasteiger charge is -2.06. The normalized spacial score (nSPS) is 11.8. The van der Waals surface area contributed by atoms with Crippen LogP contribution in [0.15, 0.2) is 53.1 Å². The van der Waals surface area contributed by atoms with Crippen LogP contribution in [0.25, 0.3) is 0 Å². The fourth-order valence-electron chi connectivity index (χ4n) is 2.23. The molecule has 9 heteroatoms. The van der Waals surface area contributed by atoms with Gasteiger partial charge in [-0.2, -0.15) is 0 Å². The van der Waals surface area contributed by atoms with Gasteiger partial charge in [-0.1, -0.05) is 0 Å². The molecule has 0 bridgehead atoms. The van der Waals surface area contributed by atoms with Crippen LogP contribution in [0.5, 0.6) is 0 Å². The molecule has 1 unspecified atom stereocenters. The van der Waals surface area contributed by atoms with E-state index in [1.165, 1.54) is 17.6 Å². The van der Waals surface area contributed by atoms with Crippen LogP contribution in [0.3, 0.4) is 0 Å². The van der Waals surface area contributed by atoms with Crippen molar-refractivity contribution in [2.45, 2.75) is 12.6 Å². The van der Waals surface area contributed by atoms with E-state index in [-0.39, 0.29) is 12.2 Å². The average Bonchev–Trinajstić information content (AvgIpc) is 3.34. The number of nitrogens with one attached hydrogen (secondary N) is 2. The SMILES string of the molecule is O=C(NCc1ccc(C(O)c2ccco2)s1)C(=O)Nc1ccc(F)c(F)c1. The van der Waals surface area contributed by atoms with Crippen molar-refractivity contribution in [3.63, 3.8) is 0 Å². The van der Waals surface area contributed by atoms with Crippen LogP contribution in [0.2, 0.25) is 0 Å². The molecule has 3 rings (SSSR count). The van der Waals surface area contributed by atoms with E-state index in [1.54, 1.807) is 24.3 Å². The lowest BCUT2D eigenvalue weighted by molar-refractivity contribution is -0.136. The van der Waals surface area contributed by atoms with Crippen molar-refractivity contribution in [2.75, 3.05) is 5.32 Å². The van der Waals surface area contributed by atoms with Gasteiger partial charge < -0.3 is 20.2 Å². The maximum atomic E-state index is 13.1. The molecule has 140 valence electrons. The Morgan fingerprint density at radius 1 is 1.11 bits per heavy atom. The highest BCUT2D eigenvalue weighted by molar-refractivity contribution is 7.12. The largest absolute Gasteiger partial charge is 0.466 e. The summed E-state index contributed by atoms with van der Waals surface area (Å²) in [5, 5.41) is 14.8. The Hall–Kier alpha value is -3.04. The number of furan rings is 1. The summed E-state index contributed by atoms with van der Waals surface area (Å²) in [5.74, 6) is -3.72. The van der Waals surface area contributed by atoms with Gasteiger partial charge in [0.05, 0.1) is 12.8 Å². The fourth-order valence-corrected chi connectivity index (χ4v) is 3.18. The first-order valence-electron chi connectivity index (χ1n) is 7.78. The van der Waals surface area contributed by atoms with Gasteiger partial charge in [0.15, 0.2) is 11.6 Å². The third-order valence-electron chi connectivity index (χ3n) is 3.57. The van der Waals surface area contributed by atoms with Gasteiger partial charge in [-0.15, -0.1) is 11.3 Å². The van der Waals surface area contributed by atoms with Crippen molar-refractivity contribution in [3.05, 3.63) is 75.9 Å². The number of anilines is 1. The van der Waals surface area contributed by atoms with Gasteiger partial charge in [-0.05, 0) is 36.4 Å². The van der Waals surface area contributed by atoms with Crippen molar-refractivity contribution in [1.82, 2.24) is 5.32 Å². The van der Waals surface area contributed by atoms with E-state index in [9.17, 15) is 23.5 Å². The molecule has 0 fully saturated rings. The zero-order valence-corrected chi connectivity index (χ0v) is 14.6. The van der Waals surface area contributed by atoms with E-state index in [1.807, 2.05) is 0 Å². The molecule has 0 saturated heterocycles. The Labute approximate surface area is 156 Å². The molecule has 0 spiro atoms. The second-order valence-electron chi connectivity index (χ2n) is 5.49. The standard InChI is InChI=1S/C18H14F2N2O4S/c19-12-5-3-10(8-13(12)20)22-18(25)17(24)21-9-11-4-6-15(27-11)16(23)14-2-1-7-26-14/h1-8,16,23H,9H2,(H,21,24)(H,22,25). The molecule has 3 aromatic rings. The van der Waals surface area contributed by atoms with Crippen LogP contribution in [0.4, 0.5) is 14.5 Å². The van der Waals surface area contributed by atoms with Crippen LogP contribution in [-0.2, 0) is 16.1 Å². The van der Waals surface area contributed by atoms with Crippen molar-refractivity contribution < 1.29 is 27.9 Å². The van der Waals surface area contributed by atoms with E-state index in [2.05, 4.69) is 10.6 Å². The molecule has 0 aliphatic carbocycles. The predicted octanol–water partition coefficient (Wildman–Crippen LogP) is 2.96. The number of amides is 2. The third kappa shape index (κ3) is 4.57. The molecule has 6 nitrogen and oxygen atoms in total. The lowest BCUT2D eigenvalue weighted by Crippen LogP contribution is -2.34. The zero-order chi connectivity index (χ0) is 19.4. The van der Waals surface area contributed by atoms with Crippen molar-refractivity contribution >= 4 is 28.8 Å². The predicted molar refractivity (Wildman–Crippen MR) is 93.9 cm³/mol. The molecule has 2 heterocycles. The third-order valence-corrected chi connectivity index (χ3v) is 4.71. The first-order valence-corrected chi connectivity index (χ1v) is 8.60. The highest BCUT2D eigenvalue weighted by Gasteiger charge is 2.17. The Bertz CT molecular complexity index is 956. The summed E-state index contributed by atoms with van der Waals surface area (Å²) in [4.78, 5) is 25.0. The average molecular weight is 392 g/mol. The summed E-state index contributed by atoms with van der Waals surface area (Å²) in [7, 11) is 0. The second-order valence-corrected chi connectivity index (χ2v) is 6.69. The number of aliphatic hydroxyl groups excluding tert-OH is 1. The minimum atomic E-state index is -1.13. The Kier molecular flexibility index (Phi) is 5.63. The molecule has 2 aromatic heterocycles. The minimum absolute atomic E-state index is 0.0333. The number of hydrogen-bond acceptors (Lipinski definition) is 5. The molecular weight excluding hydrogens is 378 g/mol. The Morgan fingerprint density at radius 3 is 2.63 bits per heavy atom. The van der Waals surface area contributed by atoms with E-state index >= 15 is 0 Å². The smallest absolute Gasteiger partial charge is 0.313 e. The molecule has 0 saturated carbocycles. The van der Waals surface area contributed by atoms with Crippen LogP contribution in [-0.4, -0.2) is 16.9 Å². The molecule has 1 atom stereocenters. The molecular formula is C18H14F2N2O4S. The first-order chi connectivity index (χ1) is 12.9. The number of aliphatic hydroxyl groups is 1.